The summed E-state index contributed by atoms with van der Waals surface area (Å²) in [5, 5.41) is 12.2. The van der Waals surface area contributed by atoms with Crippen molar-refractivity contribution >= 4 is 51.7 Å². The number of hydrogen-bond donors (Lipinski definition) is 1. The molecule has 2 aromatic heterocycles. The van der Waals surface area contributed by atoms with E-state index in [0.29, 0.717) is 10.5 Å². The molecule has 1 aliphatic heterocycles. The molecule has 4 rings (SSSR count). The van der Waals surface area contributed by atoms with Gasteiger partial charge < -0.3 is 10.0 Å². The van der Waals surface area contributed by atoms with Crippen LogP contribution >= 0.6 is 35.1 Å². The summed E-state index contributed by atoms with van der Waals surface area (Å²) >= 11 is 10.2. The van der Waals surface area contributed by atoms with E-state index in [1.54, 1.807) is 6.20 Å². The number of rotatable bonds is 1. The monoisotopic (exact) mass is 417 g/mol. The SMILES string of the molecule is Oc1c(N2CCSCc3cccc(n3)CSCC2)cc(Cl)c2cccnc12. The lowest BCUT2D eigenvalue weighted by Crippen LogP contribution is -2.28. The van der Waals surface area contributed by atoms with Gasteiger partial charge in [-0.1, -0.05) is 17.7 Å². The molecular formula is C20H20ClN3OS2. The van der Waals surface area contributed by atoms with Crippen LogP contribution in [0.3, 0.4) is 0 Å². The van der Waals surface area contributed by atoms with Gasteiger partial charge in [-0.25, -0.2) is 0 Å². The van der Waals surface area contributed by atoms with Crippen molar-refractivity contribution in [3.8, 4) is 5.75 Å². The third-order valence-corrected chi connectivity index (χ3v) is 6.77. The van der Waals surface area contributed by atoms with Crippen molar-refractivity contribution in [2.45, 2.75) is 11.5 Å². The zero-order valence-corrected chi connectivity index (χ0v) is 17.2. The lowest BCUT2D eigenvalue weighted by Gasteiger charge is -2.26. The van der Waals surface area contributed by atoms with Crippen LogP contribution in [0, 0.1) is 0 Å². The molecule has 2 bridgehead atoms. The van der Waals surface area contributed by atoms with Crippen LogP contribution in [0.25, 0.3) is 10.9 Å². The maximum atomic E-state index is 10.8. The van der Waals surface area contributed by atoms with Crippen LogP contribution < -0.4 is 4.90 Å². The van der Waals surface area contributed by atoms with E-state index < -0.39 is 0 Å². The number of phenolic OH excluding ortho intramolecular Hbond substituents is 1. The second kappa shape index (κ2) is 8.59. The number of anilines is 1. The molecule has 4 nitrogen and oxygen atoms in total. The van der Waals surface area contributed by atoms with Crippen LogP contribution in [0.5, 0.6) is 5.75 Å². The molecule has 27 heavy (non-hydrogen) atoms. The first-order chi connectivity index (χ1) is 13.2. The molecule has 0 aliphatic carbocycles. The molecule has 0 fully saturated rings. The molecule has 0 amide bonds. The first kappa shape index (κ1) is 18.7. The summed E-state index contributed by atoms with van der Waals surface area (Å²) in [5.41, 5.74) is 3.59. The first-order valence-electron chi connectivity index (χ1n) is 8.84. The average Bonchev–Trinajstić information content (AvgIpc) is 2.69. The van der Waals surface area contributed by atoms with Gasteiger partial charge in [0.1, 0.15) is 5.52 Å². The Balaban J connectivity index is 1.60. The Morgan fingerprint density at radius 3 is 2.41 bits per heavy atom. The third-order valence-electron chi connectivity index (χ3n) is 4.51. The zero-order valence-electron chi connectivity index (χ0n) is 14.8. The van der Waals surface area contributed by atoms with E-state index in [1.165, 1.54) is 0 Å². The number of thioether (sulfide) groups is 2. The summed E-state index contributed by atoms with van der Waals surface area (Å²) in [6, 6.07) is 11.9. The Labute approximate surface area is 172 Å². The highest BCUT2D eigenvalue weighted by Crippen LogP contribution is 2.38. The zero-order chi connectivity index (χ0) is 18.6. The highest BCUT2D eigenvalue weighted by atomic mass is 35.5. The van der Waals surface area contributed by atoms with Crippen LogP contribution in [0.4, 0.5) is 5.69 Å². The summed E-state index contributed by atoms with van der Waals surface area (Å²) in [6.07, 6.45) is 1.69. The Kier molecular flexibility index (Phi) is 5.95. The number of halogens is 1. The van der Waals surface area contributed by atoms with Gasteiger partial charge in [0.2, 0.25) is 0 Å². The van der Waals surface area contributed by atoms with E-state index >= 15 is 0 Å². The summed E-state index contributed by atoms with van der Waals surface area (Å²) in [5.74, 6) is 3.92. The van der Waals surface area contributed by atoms with Gasteiger partial charge >= 0.3 is 0 Å². The number of phenols is 1. The standard InChI is InChI=1S/C20H20ClN3OS2/c21-17-11-18(20(25)19-16(17)5-2-6-22-19)24-7-9-26-12-14-3-1-4-15(23-14)13-27-10-8-24/h1-6,11,25H,7-10,12-13H2. The number of aromatic hydroxyl groups is 1. The van der Waals surface area contributed by atoms with E-state index in [4.69, 9.17) is 16.6 Å². The predicted octanol–water partition coefficient (Wildman–Crippen LogP) is 4.98. The molecule has 0 atom stereocenters. The highest BCUT2D eigenvalue weighted by molar-refractivity contribution is 7.98. The van der Waals surface area contributed by atoms with Crippen molar-refractivity contribution in [3.63, 3.8) is 0 Å². The molecule has 0 radical (unpaired) electrons. The lowest BCUT2D eigenvalue weighted by molar-refractivity contribution is 0.479. The Morgan fingerprint density at radius 2 is 1.70 bits per heavy atom. The maximum Gasteiger partial charge on any atom is 0.165 e. The fourth-order valence-electron chi connectivity index (χ4n) is 3.16. The molecule has 140 valence electrons. The minimum Gasteiger partial charge on any atom is -0.504 e. The van der Waals surface area contributed by atoms with Gasteiger partial charge in [0, 0.05) is 47.7 Å². The van der Waals surface area contributed by atoms with Gasteiger partial charge in [-0.15, -0.1) is 0 Å². The molecule has 1 N–H and O–H groups in total. The summed E-state index contributed by atoms with van der Waals surface area (Å²) < 4.78 is 0. The fraction of sp³-hybridized carbons (Fsp3) is 0.300. The van der Waals surface area contributed by atoms with Crippen LogP contribution in [0.1, 0.15) is 11.4 Å². The van der Waals surface area contributed by atoms with E-state index in [1.807, 2.05) is 41.7 Å². The number of pyridine rings is 2. The normalized spacial score (nSPS) is 16.0. The van der Waals surface area contributed by atoms with Gasteiger partial charge in [-0.05, 0) is 30.3 Å². The van der Waals surface area contributed by atoms with Crippen molar-refractivity contribution in [1.29, 1.82) is 0 Å². The predicted molar refractivity (Wildman–Crippen MR) is 117 cm³/mol. The van der Waals surface area contributed by atoms with E-state index in [2.05, 4.69) is 28.1 Å². The highest BCUT2D eigenvalue weighted by Gasteiger charge is 2.17. The minimum atomic E-state index is 0.212. The van der Waals surface area contributed by atoms with Crippen LogP contribution in [-0.2, 0) is 11.5 Å². The maximum absolute atomic E-state index is 10.8. The summed E-state index contributed by atoms with van der Waals surface area (Å²) in [4.78, 5) is 11.3. The number of aromatic nitrogens is 2. The van der Waals surface area contributed by atoms with E-state index in [0.717, 1.165) is 58.6 Å². The van der Waals surface area contributed by atoms with Gasteiger partial charge in [0.25, 0.3) is 0 Å². The minimum absolute atomic E-state index is 0.212. The first-order valence-corrected chi connectivity index (χ1v) is 11.5. The topological polar surface area (TPSA) is 49.2 Å². The molecular weight excluding hydrogens is 398 g/mol. The smallest absolute Gasteiger partial charge is 0.165 e. The van der Waals surface area contributed by atoms with Crippen molar-refractivity contribution in [2.24, 2.45) is 0 Å². The number of fused-ring (bicyclic) bond motifs is 3. The van der Waals surface area contributed by atoms with Crippen LogP contribution in [0.2, 0.25) is 5.02 Å². The van der Waals surface area contributed by atoms with Crippen LogP contribution in [0.15, 0.2) is 42.6 Å². The second-order valence-corrected chi connectivity index (χ2v) is 8.96. The van der Waals surface area contributed by atoms with E-state index in [9.17, 15) is 5.11 Å². The molecule has 0 saturated heterocycles. The molecule has 7 heteroatoms. The van der Waals surface area contributed by atoms with Crippen molar-refractivity contribution in [2.75, 3.05) is 29.5 Å². The second-order valence-electron chi connectivity index (χ2n) is 6.34. The molecule has 3 heterocycles. The Hall–Kier alpha value is -1.63. The van der Waals surface area contributed by atoms with Crippen LogP contribution in [-0.4, -0.2) is 39.7 Å². The summed E-state index contributed by atoms with van der Waals surface area (Å²) in [6.45, 7) is 1.68. The number of nitrogens with zero attached hydrogens (tertiary/aromatic N) is 3. The third kappa shape index (κ3) is 4.28. The summed E-state index contributed by atoms with van der Waals surface area (Å²) in [7, 11) is 0. The van der Waals surface area contributed by atoms with E-state index in [-0.39, 0.29) is 5.75 Å². The average molecular weight is 418 g/mol. The van der Waals surface area contributed by atoms with Gasteiger partial charge in [-0.2, -0.15) is 23.5 Å². The molecule has 1 aromatic carbocycles. The van der Waals surface area contributed by atoms with Gasteiger partial charge in [-0.3, -0.25) is 9.97 Å². The molecule has 0 unspecified atom stereocenters. The van der Waals surface area contributed by atoms with Gasteiger partial charge in [0.05, 0.1) is 22.1 Å². The van der Waals surface area contributed by atoms with Gasteiger partial charge in [0.15, 0.2) is 5.75 Å². The van der Waals surface area contributed by atoms with Crippen molar-refractivity contribution in [3.05, 3.63) is 59.0 Å². The number of hydrogen-bond acceptors (Lipinski definition) is 6. The number of benzene rings is 1. The van der Waals surface area contributed by atoms with Crippen molar-refractivity contribution < 1.29 is 5.11 Å². The Morgan fingerprint density at radius 1 is 1.00 bits per heavy atom. The van der Waals surface area contributed by atoms with Crippen molar-refractivity contribution in [1.82, 2.24) is 9.97 Å². The largest absolute Gasteiger partial charge is 0.504 e. The Bertz CT molecular complexity index is 926. The lowest BCUT2D eigenvalue weighted by atomic mass is 10.1. The molecule has 1 aliphatic rings. The molecule has 3 aromatic rings. The molecule has 0 spiro atoms. The quantitative estimate of drug-likeness (QED) is 0.602. The fourth-order valence-corrected chi connectivity index (χ4v) is 5.14. The molecule has 0 saturated carbocycles.